The maximum atomic E-state index is 11.5. The molecule has 1 heterocycles. The third kappa shape index (κ3) is 4.06. The number of pyridine rings is 1. The number of carbonyl (C=O) groups is 2. The van der Waals surface area contributed by atoms with Gasteiger partial charge in [0.25, 0.3) is 0 Å². The maximum Gasteiger partial charge on any atom is 0.339 e. The standard InChI is InChI=1S/C15H13NO4S/c1-2-20-15(19)11-5-8-13(16-9-11)21-12-6-3-10(4-7-12)14(17)18/h3-9H,2H2,1H3,(H,17,18). The summed E-state index contributed by atoms with van der Waals surface area (Å²) in [6, 6.07) is 9.89. The van der Waals surface area contributed by atoms with E-state index in [1.54, 1.807) is 31.2 Å². The molecule has 0 unspecified atom stereocenters. The Labute approximate surface area is 126 Å². The van der Waals surface area contributed by atoms with Crippen molar-refractivity contribution in [3.63, 3.8) is 0 Å². The Morgan fingerprint density at radius 1 is 1.14 bits per heavy atom. The number of nitrogens with zero attached hydrogens (tertiary/aromatic N) is 1. The van der Waals surface area contributed by atoms with Crippen LogP contribution >= 0.6 is 11.8 Å². The van der Waals surface area contributed by atoms with Crippen molar-refractivity contribution in [2.75, 3.05) is 6.61 Å². The third-order valence-corrected chi connectivity index (χ3v) is 3.53. The van der Waals surface area contributed by atoms with Crippen LogP contribution in [-0.4, -0.2) is 28.6 Å². The quantitative estimate of drug-likeness (QED) is 0.855. The van der Waals surface area contributed by atoms with Gasteiger partial charge in [-0.1, -0.05) is 11.8 Å². The number of ether oxygens (including phenoxy) is 1. The van der Waals surface area contributed by atoms with E-state index < -0.39 is 11.9 Å². The van der Waals surface area contributed by atoms with E-state index >= 15 is 0 Å². The van der Waals surface area contributed by atoms with Crippen LogP contribution in [0.15, 0.2) is 52.5 Å². The summed E-state index contributed by atoms with van der Waals surface area (Å²) in [7, 11) is 0. The fourth-order valence-electron chi connectivity index (χ4n) is 1.56. The molecule has 0 saturated heterocycles. The van der Waals surface area contributed by atoms with E-state index in [0.717, 1.165) is 4.90 Å². The lowest BCUT2D eigenvalue weighted by Crippen LogP contribution is -2.04. The Hall–Kier alpha value is -2.34. The van der Waals surface area contributed by atoms with Crippen LogP contribution in [0.1, 0.15) is 27.6 Å². The molecule has 6 heteroatoms. The van der Waals surface area contributed by atoms with Crippen molar-refractivity contribution in [3.05, 3.63) is 53.7 Å². The van der Waals surface area contributed by atoms with Gasteiger partial charge in [0.05, 0.1) is 17.7 Å². The number of hydrogen-bond acceptors (Lipinski definition) is 5. The Bertz CT molecular complexity index is 638. The zero-order chi connectivity index (χ0) is 15.2. The molecule has 0 aliphatic heterocycles. The summed E-state index contributed by atoms with van der Waals surface area (Å²) in [4.78, 5) is 27.3. The van der Waals surface area contributed by atoms with Crippen LogP contribution < -0.4 is 0 Å². The zero-order valence-corrected chi connectivity index (χ0v) is 12.1. The molecule has 21 heavy (non-hydrogen) atoms. The number of carboxylic acid groups (broad SMARTS) is 1. The minimum atomic E-state index is -0.955. The van der Waals surface area contributed by atoms with Crippen LogP contribution in [0, 0.1) is 0 Å². The molecule has 0 fully saturated rings. The summed E-state index contributed by atoms with van der Waals surface area (Å²) in [6.07, 6.45) is 1.46. The Morgan fingerprint density at radius 2 is 1.81 bits per heavy atom. The molecule has 108 valence electrons. The summed E-state index contributed by atoms with van der Waals surface area (Å²) < 4.78 is 4.88. The number of rotatable bonds is 5. The molecule has 1 aromatic heterocycles. The fourth-order valence-corrected chi connectivity index (χ4v) is 2.32. The van der Waals surface area contributed by atoms with Gasteiger partial charge < -0.3 is 9.84 Å². The number of carboxylic acids is 1. The molecule has 2 rings (SSSR count). The van der Waals surface area contributed by atoms with E-state index in [9.17, 15) is 9.59 Å². The molecule has 0 spiro atoms. The second-order valence-corrected chi connectivity index (χ2v) is 5.13. The fraction of sp³-hybridized carbons (Fsp3) is 0.133. The summed E-state index contributed by atoms with van der Waals surface area (Å²) in [5, 5.41) is 9.54. The lowest BCUT2D eigenvalue weighted by atomic mass is 10.2. The normalized spacial score (nSPS) is 10.1. The van der Waals surface area contributed by atoms with Gasteiger partial charge in [-0.2, -0.15) is 0 Å². The molecule has 5 nitrogen and oxygen atoms in total. The van der Waals surface area contributed by atoms with Gasteiger partial charge in [0.15, 0.2) is 0 Å². The molecule has 0 saturated carbocycles. The molecule has 0 atom stereocenters. The summed E-state index contributed by atoms with van der Waals surface area (Å²) in [6.45, 7) is 2.07. The van der Waals surface area contributed by atoms with Crippen LogP contribution in [0.3, 0.4) is 0 Å². The second-order valence-electron chi connectivity index (χ2n) is 4.04. The molecular formula is C15H13NO4S. The highest BCUT2D eigenvalue weighted by Gasteiger charge is 2.08. The number of hydrogen-bond donors (Lipinski definition) is 1. The van der Waals surface area contributed by atoms with Gasteiger partial charge in [-0.3, -0.25) is 0 Å². The van der Waals surface area contributed by atoms with E-state index in [4.69, 9.17) is 9.84 Å². The average Bonchev–Trinajstić information content (AvgIpc) is 2.49. The van der Waals surface area contributed by atoms with Crippen LogP contribution in [0.25, 0.3) is 0 Å². The van der Waals surface area contributed by atoms with E-state index in [1.807, 2.05) is 0 Å². The first-order valence-electron chi connectivity index (χ1n) is 6.24. The molecule has 0 amide bonds. The first-order valence-corrected chi connectivity index (χ1v) is 7.06. The van der Waals surface area contributed by atoms with Gasteiger partial charge >= 0.3 is 11.9 Å². The van der Waals surface area contributed by atoms with Gasteiger partial charge in [-0.05, 0) is 43.3 Å². The van der Waals surface area contributed by atoms with E-state index in [0.29, 0.717) is 17.2 Å². The van der Waals surface area contributed by atoms with Crippen molar-refractivity contribution >= 4 is 23.7 Å². The van der Waals surface area contributed by atoms with Crippen molar-refractivity contribution in [2.24, 2.45) is 0 Å². The van der Waals surface area contributed by atoms with E-state index in [2.05, 4.69) is 4.98 Å². The largest absolute Gasteiger partial charge is 0.478 e. The van der Waals surface area contributed by atoms with Gasteiger partial charge in [0.1, 0.15) is 5.03 Å². The first kappa shape index (κ1) is 15.1. The third-order valence-electron chi connectivity index (χ3n) is 2.57. The molecule has 1 N–H and O–H groups in total. The van der Waals surface area contributed by atoms with Crippen LogP contribution in [-0.2, 0) is 4.74 Å². The first-order chi connectivity index (χ1) is 10.1. The van der Waals surface area contributed by atoms with Gasteiger partial charge in [0.2, 0.25) is 0 Å². The molecular weight excluding hydrogens is 290 g/mol. The predicted octanol–water partition coefficient (Wildman–Crippen LogP) is 3.11. The maximum absolute atomic E-state index is 11.5. The van der Waals surface area contributed by atoms with Crippen molar-refractivity contribution in [1.82, 2.24) is 4.98 Å². The summed E-state index contributed by atoms with van der Waals surface area (Å²) >= 11 is 1.39. The molecule has 0 bridgehead atoms. The number of aromatic carboxylic acids is 1. The van der Waals surface area contributed by atoms with E-state index in [1.165, 1.54) is 30.1 Å². The smallest absolute Gasteiger partial charge is 0.339 e. The van der Waals surface area contributed by atoms with Gasteiger partial charge in [0, 0.05) is 11.1 Å². The van der Waals surface area contributed by atoms with Crippen molar-refractivity contribution in [1.29, 1.82) is 0 Å². The number of carbonyl (C=O) groups excluding carboxylic acids is 1. The molecule has 2 aromatic rings. The highest BCUT2D eigenvalue weighted by atomic mass is 32.2. The zero-order valence-electron chi connectivity index (χ0n) is 11.3. The SMILES string of the molecule is CCOC(=O)c1ccc(Sc2ccc(C(=O)O)cc2)nc1. The van der Waals surface area contributed by atoms with Crippen LogP contribution in [0.5, 0.6) is 0 Å². The monoisotopic (exact) mass is 303 g/mol. The highest BCUT2D eigenvalue weighted by molar-refractivity contribution is 7.99. The second kappa shape index (κ2) is 6.90. The number of esters is 1. The Balaban J connectivity index is 2.06. The van der Waals surface area contributed by atoms with Crippen LogP contribution in [0.2, 0.25) is 0 Å². The van der Waals surface area contributed by atoms with Gasteiger partial charge in [-0.15, -0.1) is 0 Å². The lowest BCUT2D eigenvalue weighted by molar-refractivity contribution is 0.0525. The predicted molar refractivity (Wildman–Crippen MR) is 77.7 cm³/mol. The molecule has 0 radical (unpaired) electrons. The minimum Gasteiger partial charge on any atom is -0.478 e. The minimum absolute atomic E-state index is 0.241. The summed E-state index contributed by atoms with van der Waals surface area (Å²) in [5.74, 6) is -1.35. The Morgan fingerprint density at radius 3 is 2.33 bits per heavy atom. The molecule has 1 aromatic carbocycles. The number of benzene rings is 1. The van der Waals surface area contributed by atoms with Crippen molar-refractivity contribution < 1.29 is 19.4 Å². The summed E-state index contributed by atoms with van der Waals surface area (Å²) in [5.41, 5.74) is 0.646. The molecule has 0 aliphatic rings. The van der Waals surface area contributed by atoms with Crippen molar-refractivity contribution in [3.8, 4) is 0 Å². The number of aromatic nitrogens is 1. The highest BCUT2D eigenvalue weighted by Crippen LogP contribution is 2.26. The van der Waals surface area contributed by atoms with E-state index in [-0.39, 0.29) is 5.56 Å². The van der Waals surface area contributed by atoms with Gasteiger partial charge in [-0.25, -0.2) is 14.6 Å². The molecule has 0 aliphatic carbocycles. The average molecular weight is 303 g/mol. The van der Waals surface area contributed by atoms with Crippen molar-refractivity contribution in [2.45, 2.75) is 16.8 Å². The van der Waals surface area contributed by atoms with Crippen LogP contribution in [0.4, 0.5) is 0 Å². The lowest BCUT2D eigenvalue weighted by Gasteiger charge is -2.04. The Kier molecular flexibility index (Phi) is 4.94. The topological polar surface area (TPSA) is 76.5 Å².